The lowest BCUT2D eigenvalue weighted by molar-refractivity contribution is -0.123. The summed E-state index contributed by atoms with van der Waals surface area (Å²) in [4.78, 5) is 31.8. The maximum Gasteiger partial charge on any atom is 0.408 e. The maximum atomic E-state index is 12.7. The van der Waals surface area contributed by atoms with E-state index in [0.717, 1.165) is 22.4 Å². The molecule has 32 heavy (non-hydrogen) atoms. The Morgan fingerprint density at radius 2 is 2.03 bits per heavy atom. The Morgan fingerprint density at radius 1 is 1.22 bits per heavy atom. The number of carbonyl (C=O) groups is 2. The molecule has 1 atom stereocenters. The lowest BCUT2D eigenvalue weighted by atomic mass is 10.1. The topological polar surface area (TPSA) is 118 Å². The highest BCUT2D eigenvalue weighted by atomic mass is 16.5. The zero-order chi connectivity index (χ0) is 22.8. The lowest BCUT2D eigenvalue weighted by Gasteiger charge is -2.16. The average molecular weight is 435 g/mol. The summed E-state index contributed by atoms with van der Waals surface area (Å²) in [5.41, 5.74) is 5.73. The van der Waals surface area contributed by atoms with E-state index in [0.29, 0.717) is 5.69 Å². The minimum atomic E-state index is -0.913. The van der Waals surface area contributed by atoms with Gasteiger partial charge >= 0.3 is 6.09 Å². The number of aromatic nitrogens is 2. The minimum absolute atomic E-state index is 0.0957. The van der Waals surface area contributed by atoms with Crippen LogP contribution in [0, 0.1) is 6.92 Å². The van der Waals surface area contributed by atoms with Crippen LogP contribution in [0.3, 0.4) is 0 Å². The number of nitrogens with zero attached hydrogens (tertiary/aromatic N) is 2. The van der Waals surface area contributed by atoms with Gasteiger partial charge in [-0.05, 0) is 29.7 Å². The fourth-order valence-corrected chi connectivity index (χ4v) is 2.90. The van der Waals surface area contributed by atoms with Gasteiger partial charge in [0.05, 0.1) is 19.7 Å². The number of ether oxygens (including phenoxy) is 2. The number of H-pyrrole nitrogens is 1. The van der Waals surface area contributed by atoms with Crippen molar-refractivity contribution in [1.29, 1.82) is 0 Å². The van der Waals surface area contributed by atoms with Crippen molar-refractivity contribution in [3.8, 4) is 5.75 Å². The number of benzene rings is 2. The maximum absolute atomic E-state index is 12.7. The number of hydrazone groups is 1. The molecule has 9 nitrogen and oxygen atoms in total. The number of alkyl carbamates (subject to hydrolysis) is 1. The van der Waals surface area contributed by atoms with Crippen LogP contribution in [0.15, 0.2) is 66.2 Å². The zero-order valence-electron chi connectivity index (χ0n) is 17.9. The van der Waals surface area contributed by atoms with Crippen LogP contribution in [0.4, 0.5) is 4.79 Å². The van der Waals surface area contributed by atoms with E-state index < -0.39 is 18.0 Å². The Labute approximate surface area is 185 Å². The third kappa shape index (κ3) is 6.69. The number of amides is 2. The highest BCUT2D eigenvalue weighted by Gasteiger charge is 2.22. The molecular weight excluding hydrogens is 410 g/mol. The molecule has 0 fully saturated rings. The SMILES string of the molecule is COc1cc(/C=N\NC(=O)[C@H](Cc2cnc[nH]2)NC(=O)OCc2ccccc2)ccc1C. The number of methoxy groups -OCH3 is 1. The first-order valence-electron chi connectivity index (χ1n) is 9.97. The highest BCUT2D eigenvalue weighted by molar-refractivity contribution is 5.87. The van der Waals surface area contributed by atoms with Crippen LogP contribution in [-0.4, -0.2) is 41.3 Å². The molecule has 0 aliphatic heterocycles. The molecule has 0 aliphatic carbocycles. The predicted molar refractivity (Wildman–Crippen MR) is 119 cm³/mol. The van der Waals surface area contributed by atoms with Crippen LogP contribution >= 0.6 is 0 Å². The summed E-state index contributed by atoms with van der Waals surface area (Å²) in [6.07, 6.45) is 4.07. The quantitative estimate of drug-likeness (QED) is 0.353. The molecule has 1 aromatic heterocycles. The van der Waals surface area contributed by atoms with Crippen molar-refractivity contribution in [3.05, 3.63) is 83.4 Å². The van der Waals surface area contributed by atoms with Crippen molar-refractivity contribution >= 4 is 18.2 Å². The molecule has 0 aliphatic rings. The summed E-state index contributed by atoms with van der Waals surface area (Å²) < 4.78 is 10.5. The van der Waals surface area contributed by atoms with Gasteiger partial charge in [0.15, 0.2) is 0 Å². The molecule has 3 N–H and O–H groups in total. The number of aryl methyl sites for hydroxylation is 1. The van der Waals surface area contributed by atoms with E-state index >= 15 is 0 Å². The summed E-state index contributed by atoms with van der Waals surface area (Å²) in [7, 11) is 1.59. The third-order valence-electron chi connectivity index (χ3n) is 4.62. The van der Waals surface area contributed by atoms with Crippen LogP contribution in [0.1, 0.15) is 22.4 Å². The fraction of sp³-hybridized carbons (Fsp3) is 0.217. The Bertz CT molecular complexity index is 1050. The van der Waals surface area contributed by atoms with Crippen molar-refractivity contribution in [2.45, 2.75) is 26.0 Å². The van der Waals surface area contributed by atoms with Crippen molar-refractivity contribution in [2.24, 2.45) is 5.10 Å². The van der Waals surface area contributed by atoms with E-state index in [9.17, 15) is 9.59 Å². The highest BCUT2D eigenvalue weighted by Crippen LogP contribution is 2.17. The van der Waals surface area contributed by atoms with E-state index in [-0.39, 0.29) is 13.0 Å². The fourth-order valence-electron chi connectivity index (χ4n) is 2.90. The minimum Gasteiger partial charge on any atom is -0.496 e. The van der Waals surface area contributed by atoms with Gasteiger partial charge in [-0.1, -0.05) is 42.5 Å². The van der Waals surface area contributed by atoms with E-state index in [1.165, 1.54) is 12.5 Å². The van der Waals surface area contributed by atoms with Crippen LogP contribution < -0.4 is 15.5 Å². The first kappa shape index (κ1) is 22.5. The summed E-state index contributed by atoms with van der Waals surface area (Å²) in [6, 6.07) is 13.9. The Balaban J connectivity index is 1.61. The van der Waals surface area contributed by atoms with Gasteiger partial charge in [0.1, 0.15) is 18.4 Å². The van der Waals surface area contributed by atoms with E-state index in [1.54, 1.807) is 13.3 Å². The van der Waals surface area contributed by atoms with Gasteiger partial charge in [-0.25, -0.2) is 15.2 Å². The number of carbonyl (C=O) groups excluding carboxylic acids is 2. The third-order valence-corrected chi connectivity index (χ3v) is 4.62. The molecular formula is C23H25N5O4. The first-order valence-corrected chi connectivity index (χ1v) is 9.97. The second kappa shape index (κ2) is 11.3. The van der Waals surface area contributed by atoms with E-state index in [2.05, 4.69) is 25.8 Å². The zero-order valence-corrected chi connectivity index (χ0v) is 17.9. The molecule has 0 unspecified atom stereocenters. The normalized spacial score (nSPS) is 11.7. The molecule has 0 saturated carbocycles. The molecule has 9 heteroatoms. The summed E-state index contributed by atoms with van der Waals surface area (Å²) in [6.45, 7) is 2.03. The van der Waals surface area contributed by atoms with Gasteiger partial charge in [0, 0.05) is 18.3 Å². The van der Waals surface area contributed by atoms with Gasteiger partial charge in [0.2, 0.25) is 0 Å². The largest absolute Gasteiger partial charge is 0.496 e. The van der Waals surface area contributed by atoms with Crippen LogP contribution in [-0.2, 0) is 22.6 Å². The summed E-state index contributed by atoms with van der Waals surface area (Å²) in [5.74, 6) is 0.229. The first-order chi connectivity index (χ1) is 15.5. The number of nitrogens with one attached hydrogen (secondary N) is 3. The molecule has 166 valence electrons. The van der Waals surface area contributed by atoms with Gasteiger partial charge < -0.3 is 19.8 Å². The monoisotopic (exact) mass is 435 g/mol. The standard InChI is InChI=1S/C23H25N5O4/c1-16-8-9-18(10-21(16)31-2)12-26-28-22(29)20(11-19-13-24-15-25-19)27-23(30)32-14-17-6-4-3-5-7-17/h3-10,12-13,15,20H,11,14H2,1-2H3,(H,24,25)(H,27,30)(H,28,29)/b26-12-/t20-/m0/s1. The average Bonchev–Trinajstić information content (AvgIpc) is 3.32. The molecule has 3 aromatic rings. The Hall–Kier alpha value is -4.14. The van der Waals surface area contributed by atoms with Crippen molar-refractivity contribution < 1.29 is 19.1 Å². The van der Waals surface area contributed by atoms with Gasteiger partial charge in [-0.2, -0.15) is 5.10 Å². The predicted octanol–water partition coefficient (Wildman–Crippen LogP) is 2.71. The number of hydrogen-bond acceptors (Lipinski definition) is 6. The number of rotatable bonds is 9. The molecule has 0 spiro atoms. The van der Waals surface area contributed by atoms with Crippen molar-refractivity contribution in [1.82, 2.24) is 20.7 Å². The molecule has 2 aromatic carbocycles. The summed E-state index contributed by atoms with van der Waals surface area (Å²) >= 11 is 0. The smallest absolute Gasteiger partial charge is 0.408 e. The van der Waals surface area contributed by atoms with Crippen LogP contribution in [0.25, 0.3) is 0 Å². The van der Waals surface area contributed by atoms with Gasteiger partial charge in [0.25, 0.3) is 5.91 Å². The van der Waals surface area contributed by atoms with Crippen LogP contribution in [0.5, 0.6) is 5.75 Å². The Morgan fingerprint density at radius 3 is 2.75 bits per heavy atom. The second-order valence-electron chi connectivity index (χ2n) is 7.00. The molecule has 2 amide bonds. The summed E-state index contributed by atoms with van der Waals surface area (Å²) in [5, 5.41) is 6.58. The Kier molecular flexibility index (Phi) is 7.96. The van der Waals surface area contributed by atoms with Gasteiger partial charge in [-0.3, -0.25) is 4.79 Å². The lowest BCUT2D eigenvalue weighted by Crippen LogP contribution is -2.47. The van der Waals surface area contributed by atoms with Crippen molar-refractivity contribution in [2.75, 3.05) is 7.11 Å². The molecule has 1 heterocycles. The van der Waals surface area contributed by atoms with Gasteiger partial charge in [-0.15, -0.1) is 0 Å². The number of hydrogen-bond donors (Lipinski definition) is 3. The number of aromatic amines is 1. The molecule has 0 radical (unpaired) electrons. The second-order valence-corrected chi connectivity index (χ2v) is 7.00. The number of imidazole rings is 1. The van der Waals surface area contributed by atoms with E-state index in [1.807, 2.05) is 55.5 Å². The van der Waals surface area contributed by atoms with Crippen molar-refractivity contribution in [3.63, 3.8) is 0 Å². The van der Waals surface area contributed by atoms with Crippen LogP contribution in [0.2, 0.25) is 0 Å². The van der Waals surface area contributed by atoms with E-state index in [4.69, 9.17) is 9.47 Å². The molecule has 0 bridgehead atoms. The molecule has 3 rings (SSSR count). The molecule has 0 saturated heterocycles.